The van der Waals surface area contributed by atoms with E-state index in [4.69, 9.17) is 16.3 Å². The number of ether oxygens (including phenoxy) is 1. The first-order valence-corrected chi connectivity index (χ1v) is 12.1. The van der Waals surface area contributed by atoms with E-state index >= 15 is 0 Å². The first kappa shape index (κ1) is 23.3. The van der Waals surface area contributed by atoms with E-state index in [9.17, 15) is 14.4 Å². The molecule has 3 aliphatic rings. The maximum Gasteiger partial charge on any atom is 0.327 e. The molecule has 1 aromatic rings. The number of fused-ring (bicyclic) bond motifs is 1. The third kappa shape index (κ3) is 4.89. The van der Waals surface area contributed by atoms with Crippen molar-refractivity contribution in [1.82, 2.24) is 25.8 Å². The van der Waals surface area contributed by atoms with Gasteiger partial charge < -0.3 is 15.0 Å². The van der Waals surface area contributed by atoms with Gasteiger partial charge in [-0.15, -0.1) is 11.8 Å². The van der Waals surface area contributed by atoms with Gasteiger partial charge in [0.2, 0.25) is 11.8 Å². The van der Waals surface area contributed by atoms with Crippen LogP contribution in [0.4, 0.5) is 4.79 Å². The van der Waals surface area contributed by atoms with Crippen LogP contribution < -0.4 is 16.0 Å². The van der Waals surface area contributed by atoms with Gasteiger partial charge in [0.15, 0.2) is 0 Å². The Bertz CT molecular complexity index is 884. The lowest BCUT2D eigenvalue weighted by Crippen LogP contribution is -2.72. The van der Waals surface area contributed by atoms with E-state index in [2.05, 4.69) is 16.0 Å². The van der Waals surface area contributed by atoms with Crippen molar-refractivity contribution in [3.63, 3.8) is 0 Å². The zero-order valence-electron chi connectivity index (χ0n) is 18.0. The van der Waals surface area contributed by atoms with Crippen LogP contribution in [0.1, 0.15) is 24.6 Å². The minimum absolute atomic E-state index is 0.0748. The van der Waals surface area contributed by atoms with Gasteiger partial charge in [-0.25, -0.2) is 4.79 Å². The second-order valence-electron chi connectivity index (χ2n) is 8.25. The minimum atomic E-state index is -0.547. The molecule has 3 heterocycles. The Morgan fingerprint density at radius 3 is 2.84 bits per heavy atom. The molecule has 3 aliphatic heterocycles. The molecule has 5 unspecified atom stereocenters. The topological polar surface area (TPSA) is 103 Å². The largest absolute Gasteiger partial charge is 0.376 e. The number of halogens is 1. The quantitative estimate of drug-likeness (QED) is 0.563. The molecule has 9 nitrogen and oxygen atoms in total. The van der Waals surface area contributed by atoms with E-state index in [-0.39, 0.29) is 41.2 Å². The predicted molar refractivity (Wildman–Crippen MR) is 122 cm³/mol. The van der Waals surface area contributed by atoms with Gasteiger partial charge in [0.1, 0.15) is 0 Å². The van der Waals surface area contributed by atoms with Crippen molar-refractivity contribution in [2.45, 2.75) is 36.7 Å². The number of amides is 4. The molecule has 4 rings (SSSR count). The molecule has 3 saturated heterocycles. The Labute approximate surface area is 196 Å². The highest BCUT2D eigenvalue weighted by Gasteiger charge is 2.51. The van der Waals surface area contributed by atoms with Crippen LogP contribution in [0.25, 0.3) is 0 Å². The number of imide groups is 1. The molecule has 3 N–H and O–H groups in total. The highest BCUT2D eigenvalue weighted by atomic mass is 35.5. The molecule has 0 aromatic heterocycles. The Balaban J connectivity index is 1.48. The maximum atomic E-state index is 13.0. The third-order valence-corrected chi connectivity index (χ3v) is 7.54. The summed E-state index contributed by atoms with van der Waals surface area (Å²) in [5, 5.41) is 9.93. The van der Waals surface area contributed by atoms with Crippen LogP contribution in [-0.2, 0) is 14.3 Å². The minimum Gasteiger partial charge on any atom is -0.376 e. The Morgan fingerprint density at radius 2 is 2.12 bits per heavy atom. The van der Waals surface area contributed by atoms with E-state index in [1.54, 1.807) is 13.1 Å². The van der Waals surface area contributed by atoms with Crippen LogP contribution in [-0.4, -0.2) is 78.3 Å². The molecule has 0 bridgehead atoms. The van der Waals surface area contributed by atoms with E-state index in [1.807, 2.05) is 18.2 Å². The summed E-state index contributed by atoms with van der Waals surface area (Å²) < 4.78 is 5.55. The van der Waals surface area contributed by atoms with Gasteiger partial charge in [0.25, 0.3) is 0 Å². The molecule has 4 amide bonds. The fraction of sp³-hybridized carbons (Fsp3) is 0.571. The summed E-state index contributed by atoms with van der Waals surface area (Å²) in [6, 6.07) is 7.03. The van der Waals surface area contributed by atoms with Gasteiger partial charge >= 0.3 is 6.03 Å². The number of nitrogens with one attached hydrogen (secondary N) is 3. The average Bonchev–Trinajstić information content (AvgIpc) is 3.31. The first-order valence-electron chi connectivity index (χ1n) is 10.7. The van der Waals surface area contributed by atoms with Crippen molar-refractivity contribution < 1.29 is 19.1 Å². The summed E-state index contributed by atoms with van der Waals surface area (Å²) in [6.07, 6.45) is 1.20. The standard InChI is InChI=1S/C21H28ClN5O4S/c1-26-18-16(20(29)27(2)21(26)30)19(25-17(24-18)12-5-3-6-13(22)9-12)32-11-15(28)23-10-14-7-4-8-31-14/h3,5-6,9,14,16-19,24-25H,4,7-8,10-11H2,1-2H3,(H,23,28). The zero-order chi connectivity index (χ0) is 22.8. The SMILES string of the molecule is CN1C(=O)C2C(SCC(=O)NCC3CCCO3)NC(c3cccc(Cl)c3)NC2N(C)C1=O. The van der Waals surface area contributed by atoms with Crippen molar-refractivity contribution in [3.8, 4) is 0 Å². The van der Waals surface area contributed by atoms with Gasteiger partial charge in [-0.3, -0.25) is 25.1 Å². The van der Waals surface area contributed by atoms with E-state index in [0.717, 1.165) is 29.9 Å². The summed E-state index contributed by atoms with van der Waals surface area (Å²) in [4.78, 5) is 40.7. The molecular formula is C21H28ClN5O4S. The lowest BCUT2D eigenvalue weighted by atomic mass is 9.96. The van der Waals surface area contributed by atoms with Crippen LogP contribution in [0.5, 0.6) is 0 Å². The van der Waals surface area contributed by atoms with Gasteiger partial charge in [0, 0.05) is 32.3 Å². The van der Waals surface area contributed by atoms with E-state index in [0.29, 0.717) is 11.6 Å². The lowest BCUT2D eigenvalue weighted by Gasteiger charge is -2.50. The van der Waals surface area contributed by atoms with Crippen LogP contribution in [0.15, 0.2) is 24.3 Å². The van der Waals surface area contributed by atoms with Crippen molar-refractivity contribution in [1.29, 1.82) is 0 Å². The lowest BCUT2D eigenvalue weighted by molar-refractivity contribution is -0.140. The maximum absolute atomic E-state index is 13.0. The molecule has 3 fully saturated rings. The number of hydrogen-bond donors (Lipinski definition) is 3. The molecule has 0 radical (unpaired) electrons. The molecule has 11 heteroatoms. The van der Waals surface area contributed by atoms with Crippen LogP contribution in [0, 0.1) is 5.92 Å². The molecule has 32 heavy (non-hydrogen) atoms. The molecular weight excluding hydrogens is 454 g/mol. The fourth-order valence-corrected chi connectivity index (χ4v) is 5.66. The Hall–Kier alpha value is -1.85. The van der Waals surface area contributed by atoms with Crippen molar-refractivity contribution in [3.05, 3.63) is 34.9 Å². The second kappa shape index (κ2) is 9.96. The van der Waals surface area contributed by atoms with Gasteiger partial charge in [-0.05, 0) is 30.5 Å². The zero-order valence-corrected chi connectivity index (χ0v) is 19.6. The number of carbonyl (C=O) groups excluding carboxylic acids is 3. The Kier molecular flexibility index (Phi) is 7.26. The van der Waals surface area contributed by atoms with E-state index < -0.39 is 12.1 Å². The summed E-state index contributed by atoms with van der Waals surface area (Å²) in [5.41, 5.74) is 0.886. The van der Waals surface area contributed by atoms with Gasteiger partial charge in [0.05, 0.1) is 35.5 Å². The first-order chi connectivity index (χ1) is 15.3. The second-order valence-corrected chi connectivity index (χ2v) is 9.82. The third-order valence-electron chi connectivity index (χ3n) is 6.08. The molecule has 1 aromatic carbocycles. The van der Waals surface area contributed by atoms with Crippen molar-refractivity contribution in [2.24, 2.45) is 5.92 Å². The number of benzene rings is 1. The monoisotopic (exact) mass is 481 g/mol. The van der Waals surface area contributed by atoms with Crippen LogP contribution in [0.2, 0.25) is 5.02 Å². The van der Waals surface area contributed by atoms with Crippen molar-refractivity contribution >= 4 is 41.2 Å². The normalized spacial score (nSPS) is 30.4. The number of thioether (sulfide) groups is 1. The van der Waals surface area contributed by atoms with Gasteiger partial charge in [-0.2, -0.15) is 0 Å². The number of rotatable bonds is 6. The van der Waals surface area contributed by atoms with Gasteiger partial charge in [-0.1, -0.05) is 23.7 Å². The molecule has 174 valence electrons. The summed E-state index contributed by atoms with van der Waals surface area (Å²) in [7, 11) is 3.16. The highest BCUT2D eigenvalue weighted by molar-refractivity contribution is 8.00. The number of urea groups is 1. The molecule has 0 aliphatic carbocycles. The molecule has 0 saturated carbocycles. The van der Waals surface area contributed by atoms with Crippen LogP contribution in [0.3, 0.4) is 0 Å². The summed E-state index contributed by atoms with van der Waals surface area (Å²) >= 11 is 7.54. The number of hydrogen-bond acceptors (Lipinski definition) is 7. The Morgan fingerprint density at radius 1 is 1.31 bits per heavy atom. The van der Waals surface area contributed by atoms with E-state index in [1.165, 1.54) is 23.7 Å². The average molecular weight is 482 g/mol. The fourth-order valence-electron chi connectivity index (χ4n) is 4.33. The van der Waals surface area contributed by atoms with Crippen molar-refractivity contribution in [2.75, 3.05) is 33.0 Å². The van der Waals surface area contributed by atoms with Crippen LogP contribution >= 0.6 is 23.4 Å². The number of carbonyl (C=O) groups is 3. The molecule has 5 atom stereocenters. The predicted octanol–water partition coefficient (Wildman–Crippen LogP) is 1.35. The summed E-state index contributed by atoms with van der Waals surface area (Å²) in [6.45, 7) is 1.24. The smallest absolute Gasteiger partial charge is 0.327 e. The highest BCUT2D eigenvalue weighted by Crippen LogP contribution is 2.34. The number of nitrogens with zero attached hydrogens (tertiary/aromatic N) is 2. The molecule has 0 spiro atoms. The summed E-state index contributed by atoms with van der Waals surface area (Å²) in [5.74, 6) is -0.749.